The molecule has 0 aromatic heterocycles. The summed E-state index contributed by atoms with van der Waals surface area (Å²) in [6.45, 7) is 10.5. The Kier molecular flexibility index (Phi) is 7.35. The summed E-state index contributed by atoms with van der Waals surface area (Å²) in [6, 6.07) is 0.260. The average molecular weight is 311 g/mol. The van der Waals surface area contributed by atoms with Crippen LogP contribution in [0.2, 0.25) is 11.0 Å². The molecule has 4 atom stereocenters. The second kappa shape index (κ2) is 8.16. The lowest BCUT2D eigenvalue weighted by Gasteiger charge is -2.51. The van der Waals surface area contributed by atoms with Gasteiger partial charge in [-0.05, 0) is 36.4 Å². The first-order valence-electron chi connectivity index (χ1n) is 9.24. The van der Waals surface area contributed by atoms with Crippen molar-refractivity contribution in [1.29, 1.82) is 0 Å². The molecule has 124 valence electrons. The zero-order chi connectivity index (χ0) is 17.8. The summed E-state index contributed by atoms with van der Waals surface area (Å²) in [4.78, 5) is 14.8. The molecule has 1 heterocycles. The highest BCUT2D eigenvalue weighted by atomic mass is 16.2. The van der Waals surface area contributed by atoms with E-state index in [4.69, 9.17) is 23.5 Å². The number of nitrogens with zero attached hydrogens (tertiary/aromatic N) is 1. The predicted octanol–water partition coefficient (Wildman–Crippen LogP) is 3.79. The summed E-state index contributed by atoms with van der Waals surface area (Å²) >= 11 is 0. The molecule has 0 aliphatic carbocycles. The average Bonchev–Trinajstić information content (AvgIpc) is 2.52. The minimum Gasteiger partial charge on any atom is -0.337 e. The van der Waals surface area contributed by atoms with E-state index in [1.54, 1.807) is 0 Å². The molecule has 0 saturated carbocycles. The van der Waals surface area contributed by atoms with Crippen molar-refractivity contribution in [3.63, 3.8) is 0 Å². The maximum atomic E-state index is 12.7. The number of rotatable bonds is 8. The van der Waals surface area contributed by atoms with Gasteiger partial charge in [0.1, 0.15) is 0 Å². The second-order valence-electron chi connectivity index (χ2n) is 7.87. The smallest absolute Gasteiger partial charge is 0.223 e. The van der Waals surface area contributed by atoms with E-state index in [0.29, 0.717) is 6.42 Å². The monoisotopic (exact) mass is 311 g/mol. The maximum Gasteiger partial charge on any atom is 0.223 e. The number of carbonyl (C=O) groups is 1. The summed E-state index contributed by atoms with van der Waals surface area (Å²) < 4.78 is 0. The fourth-order valence-corrected chi connectivity index (χ4v) is 3.63. The molecule has 4 unspecified atom stereocenters. The second-order valence-corrected chi connectivity index (χ2v) is 7.87. The van der Waals surface area contributed by atoms with Crippen molar-refractivity contribution in [2.24, 2.45) is 5.41 Å². The first-order chi connectivity index (χ1) is 10.6. The highest BCUT2D eigenvalue weighted by molar-refractivity contribution is 6.36. The van der Waals surface area contributed by atoms with Crippen molar-refractivity contribution in [1.82, 2.24) is 4.90 Å². The molecule has 0 spiro atoms. The van der Waals surface area contributed by atoms with Crippen molar-refractivity contribution in [3.8, 4) is 0 Å². The molecule has 1 aliphatic rings. The van der Waals surface area contributed by atoms with Crippen LogP contribution in [0.1, 0.15) is 79.6 Å². The summed E-state index contributed by atoms with van der Waals surface area (Å²) in [6.07, 6.45) is 6.09. The van der Waals surface area contributed by atoms with Gasteiger partial charge in [-0.2, -0.15) is 0 Å². The normalized spacial score (nSPS) is 25.9. The van der Waals surface area contributed by atoms with Gasteiger partial charge in [0, 0.05) is 18.5 Å². The molecule has 5 heteroatoms. The zero-order valence-corrected chi connectivity index (χ0v) is 15.8. The van der Waals surface area contributed by atoms with Crippen LogP contribution in [-0.4, -0.2) is 46.4 Å². The lowest BCUT2D eigenvalue weighted by atomic mass is 9.50. The Morgan fingerprint density at radius 3 is 2.26 bits per heavy atom. The number of piperidine rings is 1. The van der Waals surface area contributed by atoms with Crippen LogP contribution in [0.25, 0.3) is 0 Å². The number of amides is 1. The van der Waals surface area contributed by atoms with Gasteiger partial charge in [0.15, 0.2) is 0 Å². The fraction of sp³-hybridized carbons (Fsp3) is 0.944. The molecule has 1 amide bonds. The molecule has 1 fully saturated rings. The highest BCUT2D eigenvalue weighted by Crippen LogP contribution is 2.46. The molecule has 1 saturated heterocycles. The van der Waals surface area contributed by atoms with Crippen molar-refractivity contribution >= 4 is 29.4 Å². The Morgan fingerprint density at radius 1 is 1.22 bits per heavy atom. The maximum absolute atomic E-state index is 12.7. The lowest BCUT2D eigenvalue weighted by molar-refractivity contribution is -0.141. The molecule has 0 N–H and O–H groups in total. The van der Waals surface area contributed by atoms with Crippen LogP contribution in [-0.2, 0) is 4.79 Å². The van der Waals surface area contributed by atoms with Crippen molar-refractivity contribution in [2.45, 2.75) is 103 Å². The molecule has 1 rings (SSSR count). The number of hydrogen-bond acceptors (Lipinski definition) is 1. The quantitative estimate of drug-likeness (QED) is 0.625. The fourth-order valence-electron chi connectivity index (χ4n) is 3.63. The molecule has 2 nitrogen and oxygen atoms in total. The van der Waals surface area contributed by atoms with Crippen LogP contribution in [0, 0.1) is 5.41 Å². The number of likely N-dealkylation sites (tertiary alicyclic amines) is 1. The van der Waals surface area contributed by atoms with Gasteiger partial charge in [-0.3, -0.25) is 4.79 Å². The summed E-state index contributed by atoms with van der Waals surface area (Å²) in [7, 11) is 18.8. The van der Waals surface area contributed by atoms with Gasteiger partial charge >= 0.3 is 0 Å². The van der Waals surface area contributed by atoms with Gasteiger partial charge in [0.25, 0.3) is 0 Å². The van der Waals surface area contributed by atoms with Gasteiger partial charge < -0.3 is 4.90 Å². The van der Waals surface area contributed by atoms with Gasteiger partial charge in [0.2, 0.25) is 5.91 Å². The van der Waals surface area contributed by atoms with Crippen LogP contribution in [0.5, 0.6) is 0 Å². The third-order valence-electron chi connectivity index (χ3n) is 6.21. The topological polar surface area (TPSA) is 20.3 Å². The van der Waals surface area contributed by atoms with E-state index >= 15 is 0 Å². The minimum absolute atomic E-state index is 0.0233. The molecular formula is C18H32B3NO. The Morgan fingerprint density at radius 2 is 1.83 bits per heavy atom. The van der Waals surface area contributed by atoms with Crippen LogP contribution in [0.15, 0.2) is 0 Å². The first-order valence-corrected chi connectivity index (χ1v) is 9.24. The molecular weight excluding hydrogens is 279 g/mol. The van der Waals surface area contributed by atoms with E-state index in [1.807, 2.05) is 0 Å². The van der Waals surface area contributed by atoms with E-state index in [2.05, 4.69) is 39.5 Å². The molecule has 0 aromatic rings. The lowest BCUT2D eigenvalue weighted by Crippen LogP contribution is -2.55. The van der Waals surface area contributed by atoms with E-state index in [0.717, 1.165) is 38.5 Å². The van der Waals surface area contributed by atoms with Crippen molar-refractivity contribution in [2.75, 3.05) is 0 Å². The van der Waals surface area contributed by atoms with Crippen LogP contribution in [0.3, 0.4) is 0 Å². The Balaban J connectivity index is 3.21. The molecule has 6 radical (unpaired) electrons. The number of hydrogen-bond donors (Lipinski definition) is 0. The van der Waals surface area contributed by atoms with Crippen LogP contribution in [0.4, 0.5) is 0 Å². The van der Waals surface area contributed by atoms with Crippen LogP contribution < -0.4 is 0 Å². The minimum atomic E-state index is -0.439. The SMILES string of the molecule is [B]C([B])C(C)(CC)CC(N1C(=O)CCCC1CC)C([B])(C)CC. The van der Waals surface area contributed by atoms with Gasteiger partial charge in [-0.25, -0.2) is 0 Å². The molecule has 0 bridgehead atoms. The summed E-state index contributed by atoms with van der Waals surface area (Å²) in [5.41, 5.74) is -0.640. The zero-order valence-electron chi connectivity index (χ0n) is 15.8. The largest absolute Gasteiger partial charge is 0.337 e. The van der Waals surface area contributed by atoms with Crippen LogP contribution >= 0.6 is 0 Å². The van der Waals surface area contributed by atoms with Crippen molar-refractivity contribution in [3.05, 3.63) is 0 Å². The highest BCUT2D eigenvalue weighted by Gasteiger charge is 2.43. The first kappa shape index (κ1) is 20.7. The van der Waals surface area contributed by atoms with Gasteiger partial charge in [-0.15, -0.1) is 5.72 Å². The van der Waals surface area contributed by atoms with E-state index in [9.17, 15) is 4.79 Å². The third-order valence-corrected chi connectivity index (χ3v) is 6.21. The third kappa shape index (κ3) is 4.60. The summed E-state index contributed by atoms with van der Waals surface area (Å²) in [5.74, 6) is 0.238. The molecule has 0 aromatic carbocycles. The van der Waals surface area contributed by atoms with Gasteiger partial charge in [-0.1, -0.05) is 47.5 Å². The Labute approximate surface area is 147 Å². The van der Waals surface area contributed by atoms with E-state index < -0.39 is 11.0 Å². The summed E-state index contributed by atoms with van der Waals surface area (Å²) in [5, 5.41) is -0.439. The van der Waals surface area contributed by atoms with E-state index in [-0.39, 0.29) is 23.4 Å². The Bertz CT molecular complexity index is 400. The van der Waals surface area contributed by atoms with E-state index in [1.165, 1.54) is 0 Å². The predicted molar refractivity (Wildman–Crippen MR) is 101 cm³/mol. The van der Waals surface area contributed by atoms with Crippen molar-refractivity contribution < 1.29 is 4.79 Å². The van der Waals surface area contributed by atoms with Gasteiger partial charge in [0.05, 0.1) is 23.5 Å². The standard InChI is InChI=1S/C18H32B3NO/c1-6-13-10-9-11-15(23)22(13)14(18(5,21)8-3)12-17(4,7-2)16(19)20/h13-14,16H,6-12H2,1-5H3. The molecule has 1 aliphatic heterocycles. The number of carbonyl (C=O) groups excluding carboxylic acids is 1. The molecule has 23 heavy (non-hydrogen) atoms. The Hall–Kier alpha value is -0.335.